The van der Waals surface area contributed by atoms with Crippen LogP contribution in [0.3, 0.4) is 0 Å². The molecule has 0 atom stereocenters. The Labute approximate surface area is 209 Å². The van der Waals surface area contributed by atoms with E-state index in [4.69, 9.17) is 9.47 Å². The van der Waals surface area contributed by atoms with Gasteiger partial charge in [0, 0.05) is 5.56 Å². The second-order valence-electron chi connectivity index (χ2n) is 7.67. The lowest BCUT2D eigenvalue weighted by molar-refractivity contribution is -0.123. The molecule has 4 rings (SSSR count). The lowest BCUT2D eigenvalue weighted by Crippen LogP contribution is -2.27. The summed E-state index contributed by atoms with van der Waals surface area (Å²) in [4.78, 5) is 27.0. The Kier molecular flexibility index (Phi) is 7.38. The molecule has 0 aromatic heterocycles. The van der Waals surface area contributed by atoms with Crippen molar-refractivity contribution in [1.82, 2.24) is 4.90 Å². The average Bonchev–Trinajstić information content (AvgIpc) is 3.07. The number of hydrogen-bond donors (Lipinski definition) is 0. The van der Waals surface area contributed by atoms with E-state index in [0.717, 1.165) is 22.9 Å². The molecule has 0 N–H and O–H groups in total. The van der Waals surface area contributed by atoms with Gasteiger partial charge in [0.25, 0.3) is 11.1 Å². The molecule has 8 heteroatoms. The Morgan fingerprint density at radius 2 is 1.82 bits per heavy atom. The van der Waals surface area contributed by atoms with Crippen LogP contribution in [0.15, 0.2) is 70.0 Å². The third kappa shape index (κ3) is 5.34. The molecule has 34 heavy (non-hydrogen) atoms. The zero-order valence-corrected chi connectivity index (χ0v) is 20.9. The molecule has 3 aromatic carbocycles. The Balaban J connectivity index is 1.53. The van der Waals surface area contributed by atoms with E-state index in [-0.39, 0.29) is 30.1 Å². The number of halogens is 2. The molecule has 0 bridgehead atoms. The molecular formula is C26H21BrFNO4S. The molecule has 1 fully saturated rings. The number of amides is 2. The van der Waals surface area contributed by atoms with E-state index in [1.54, 1.807) is 36.4 Å². The highest BCUT2D eigenvalue weighted by Crippen LogP contribution is 2.39. The van der Waals surface area contributed by atoms with Crippen LogP contribution in [0, 0.1) is 12.7 Å². The van der Waals surface area contributed by atoms with Crippen LogP contribution in [0.5, 0.6) is 11.5 Å². The van der Waals surface area contributed by atoms with Crippen LogP contribution in [0.1, 0.15) is 22.3 Å². The molecule has 0 saturated carbocycles. The van der Waals surface area contributed by atoms with Gasteiger partial charge in [-0.05, 0) is 70.0 Å². The van der Waals surface area contributed by atoms with Crippen molar-refractivity contribution in [2.24, 2.45) is 0 Å². The van der Waals surface area contributed by atoms with Gasteiger partial charge in [-0.1, -0.05) is 48.0 Å². The second-order valence-corrected chi connectivity index (χ2v) is 9.52. The van der Waals surface area contributed by atoms with Gasteiger partial charge in [-0.25, -0.2) is 4.39 Å². The van der Waals surface area contributed by atoms with Gasteiger partial charge < -0.3 is 9.47 Å². The summed E-state index contributed by atoms with van der Waals surface area (Å²) in [7, 11) is 1.50. The maximum atomic E-state index is 13.9. The van der Waals surface area contributed by atoms with Gasteiger partial charge in [0.15, 0.2) is 11.5 Å². The van der Waals surface area contributed by atoms with E-state index in [2.05, 4.69) is 15.9 Å². The SMILES string of the molecule is COc1cc(/C=C2\SC(=O)N(Cc3ccc(C)cc3)C2=O)cc(Br)c1OCc1ccccc1F. The normalized spacial score (nSPS) is 14.7. The predicted octanol–water partition coefficient (Wildman–Crippen LogP) is 6.72. The Morgan fingerprint density at radius 3 is 2.53 bits per heavy atom. The summed E-state index contributed by atoms with van der Waals surface area (Å²) in [5.41, 5.74) is 3.07. The van der Waals surface area contributed by atoms with Crippen molar-refractivity contribution >= 4 is 44.9 Å². The molecule has 174 valence electrons. The van der Waals surface area contributed by atoms with Crippen molar-refractivity contribution < 1.29 is 23.5 Å². The summed E-state index contributed by atoms with van der Waals surface area (Å²) in [5.74, 6) is 0.132. The molecule has 0 spiro atoms. The number of thioether (sulfide) groups is 1. The van der Waals surface area contributed by atoms with Crippen LogP contribution in [0.25, 0.3) is 6.08 Å². The molecular weight excluding hydrogens is 521 g/mol. The number of benzene rings is 3. The second kappa shape index (κ2) is 10.4. The fourth-order valence-corrected chi connectivity index (χ4v) is 4.80. The number of ether oxygens (including phenoxy) is 2. The molecule has 1 aliphatic rings. The van der Waals surface area contributed by atoms with Crippen LogP contribution in [-0.4, -0.2) is 23.2 Å². The monoisotopic (exact) mass is 541 g/mol. The highest BCUT2D eigenvalue weighted by atomic mass is 79.9. The van der Waals surface area contributed by atoms with Crippen LogP contribution in [0.2, 0.25) is 0 Å². The first-order chi connectivity index (χ1) is 16.4. The first-order valence-electron chi connectivity index (χ1n) is 10.4. The molecule has 1 aliphatic heterocycles. The largest absolute Gasteiger partial charge is 0.493 e. The smallest absolute Gasteiger partial charge is 0.293 e. The third-order valence-electron chi connectivity index (χ3n) is 5.21. The lowest BCUT2D eigenvalue weighted by Gasteiger charge is -2.14. The van der Waals surface area contributed by atoms with Crippen LogP contribution in [0.4, 0.5) is 9.18 Å². The molecule has 0 aliphatic carbocycles. The summed E-state index contributed by atoms with van der Waals surface area (Å²) in [5, 5.41) is -0.312. The number of nitrogens with zero attached hydrogens (tertiary/aromatic N) is 1. The van der Waals surface area contributed by atoms with Crippen molar-refractivity contribution in [3.05, 3.63) is 98.1 Å². The standard InChI is InChI=1S/C26H21BrFNO4S/c1-16-7-9-17(10-8-16)14-29-25(30)23(34-26(29)31)13-18-11-20(27)24(22(12-18)32-2)33-15-19-5-3-4-6-21(19)28/h3-13H,14-15H2,1-2H3/b23-13-. The topological polar surface area (TPSA) is 55.8 Å². The quantitative estimate of drug-likeness (QED) is 0.310. The number of carbonyl (C=O) groups excluding carboxylic acids is 2. The van der Waals surface area contributed by atoms with Gasteiger partial charge in [0.05, 0.1) is 23.0 Å². The van der Waals surface area contributed by atoms with Gasteiger partial charge in [0.2, 0.25) is 0 Å². The van der Waals surface area contributed by atoms with E-state index >= 15 is 0 Å². The van der Waals surface area contributed by atoms with Crippen LogP contribution >= 0.6 is 27.7 Å². The zero-order valence-electron chi connectivity index (χ0n) is 18.5. The highest BCUT2D eigenvalue weighted by Gasteiger charge is 2.35. The Bertz CT molecular complexity index is 1280. The molecule has 3 aromatic rings. The molecule has 2 amide bonds. The Morgan fingerprint density at radius 1 is 1.09 bits per heavy atom. The van der Waals surface area contributed by atoms with Crippen molar-refractivity contribution in [2.45, 2.75) is 20.1 Å². The van der Waals surface area contributed by atoms with E-state index in [1.807, 2.05) is 31.2 Å². The number of methoxy groups -OCH3 is 1. The van der Waals surface area contributed by atoms with Gasteiger partial charge in [-0.15, -0.1) is 0 Å². The maximum Gasteiger partial charge on any atom is 0.293 e. The fourth-order valence-electron chi connectivity index (χ4n) is 3.39. The van der Waals surface area contributed by atoms with Crippen LogP contribution in [-0.2, 0) is 17.9 Å². The van der Waals surface area contributed by atoms with Crippen molar-refractivity contribution in [2.75, 3.05) is 7.11 Å². The molecule has 1 heterocycles. The molecule has 1 saturated heterocycles. The maximum absolute atomic E-state index is 13.9. The lowest BCUT2D eigenvalue weighted by atomic mass is 10.1. The number of aryl methyl sites for hydroxylation is 1. The summed E-state index contributed by atoms with van der Waals surface area (Å²) in [6.45, 7) is 2.23. The van der Waals surface area contributed by atoms with Gasteiger partial charge in [0.1, 0.15) is 12.4 Å². The van der Waals surface area contributed by atoms with Crippen molar-refractivity contribution in [3.63, 3.8) is 0 Å². The van der Waals surface area contributed by atoms with E-state index < -0.39 is 0 Å². The predicted molar refractivity (Wildman–Crippen MR) is 134 cm³/mol. The first-order valence-corrected chi connectivity index (χ1v) is 12.0. The van der Waals surface area contributed by atoms with E-state index in [1.165, 1.54) is 18.1 Å². The average molecular weight is 542 g/mol. The Hall–Kier alpha value is -3.10. The van der Waals surface area contributed by atoms with Gasteiger partial charge in [-0.3, -0.25) is 14.5 Å². The van der Waals surface area contributed by atoms with Crippen LogP contribution < -0.4 is 9.47 Å². The van der Waals surface area contributed by atoms with Gasteiger partial charge >= 0.3 is 0 Å². The molecule has 0 radical (unpaired) electrons. The van der Waals surface area contributed by atoms with Crippen molar-refractivity contribution in [3.8, 4) is 11.5 Å². The number of rotatable bonds is 7. The minimum absolute atomic E-state index is 0.0267. The van der Waals surface area contributed by atoms with E-state index in [9.17, 15) is 14.0 Å². The highest BCUT2D eigenvalue weighted by molar-refractivity contribution is 9.10. The minimum atomic E-state index is -0.351. The zero-order chi connectivity index (χ0) is 24.2. The number of imide groups is 1. The number of hydrogen-bond acceptors (Lipinski definition) is 5. The first kappa shape index (κ1) is 24.0. The summed E-state index contributed by atoms with van der Waals surface area (Å²) in [6.07, 6.45) is 1.65. The van der Waals surface area contributed by atoms with E-state index in [0.29, 0.717) is 32.0 Å². The fraction of sp³-hybridized carbons (Fsp3) is 0.154. The third-order valence-corrected chi connectivity index (χ3v) is 6.71. The summed E-state index contributed by atoms with van der Waals surface area (Å²) < 4.78 is 25.8. The molecule has 5 nitrogen and oxygen atoms in total. The number of carbonyl (C=O) groups is 2. The summed E-state index contributed by atoms with van der Waals surface area (Å²) >= 11 is 4.37. The minimum Gasteiger partial charge on any atom is -0.493 e. The molecule has 0 unspecified atom stereocenters. The summed E-state index contributed by atoms with van der Waals surface area (Å²) in [6, 6.07) is 17.6. The van der Waals surface area contributed by atoms with Gasteiger partial charge in [-0.2, -0.15) is 0 Å². The van der Waals surface area contributed by atoms with Crippen molar-refractivity contribution in [1.29, 1.82) is 0 Å².